The SMILES string of the molecule is F[B-](F)(F)F.N=C=C1CCC(=C=N)C1=[N+](c1ccccc1)c1ccccc1. The summed E-state index contributed by atoms with van der Waals surface area (Å²) in [4.78, 5) is 0. The largest absolute Gasteiger partial charge is 0.673 e. The van der Waals surface area contributed by atoms with Gasteiger partial charge in [0, 0.05) is 24.3 Å². The van der Waals surface area contributed by atoms with E-state index in [-0.39, 0.29) is 0 Å². The number of rotatable bonds is 2. The Balaban J connectivity index is 0.000000465. The van der Waals surface area contributed by atoms with Gasteiger partial charge >= 0.3 is 7.25 Å². The highest BCUT2D eigenvalue weighted by atomic mass is 19.5. The minimum atomic E-state index is -6.00. The molecule has 1 aliphatic rings. The fourth-order valence-electron chi connectivity index (χ4n) is 2.74. The van der Waals surface area contributed by atoms with Crippen molar-refractivity contribution in [3.63, 3.8) is 0 Å². The van der Waals surface area contributed by atoms with Gasteiger partial charge in [0.15, 0.2) is 0 Å². The Morgan fingerprint density at radius 1 is 0.704 bits per heavy atom. The molecule has 2 aromatic carbocycles. The van der Waals surface area contributed by atoms with Crippen molar-refractivity contribution in [2.75, 3.05) is 0 Å². The number of halogens is 4. The lowest BCUT2D eigenvalue weighted by atomic mass is 10.1. The number of allylic oxidation sites excluding steroid dienone is 2. The maximum Gasteiger partial charge on any atom is 0.673 e. The van der Waals surface area contributed by atoms with Gasteiger partial charge in [-0.15, -0.1) is 0 Å². The summed E-state index contributed by atoms with van der Waals surface area (Å²) in [6, 6.07) is 20.0. The first-order valence-electron chi connectivity index (χ1n) is 8.07. The van der Waals surface area contributed by atoms with E-state index in [1.54, 1.807) is 0 Å². The van der Waals surface area contributed by atoms with E-state index in [0.29, 0.717) is 0 Å². The minimum Gasteiger partial charge on any atom is -0.418 e. The summed E-state index contributed by atoms with van der Waals surface area (Å²) in [6.07, 6.45) is 1.46. The molecule has 0 spiro atoms. The number of para-hydroxylation sites is 2. The van der Waals surface area contributed by atoms with Crippen molar-refractivity contribution < 1.29 is 17.3 Å². The summed E-state index contributed by atoms with van der Waals surface area (Å²) in [5.41, 5.74) is 4.52. The van der Waals surface area contributed by atoms with Crippen molar-refractivity contribution in [3.05, 3.63) is 71.8 Å². The second-order valence-corrected chi connectivity index (χ2v) is 5.56. The zero-order chi connectivity index (χ0) is 19.9. The first-order chi connectivity index (χ1) is 12.8. The zero-order valence-corrected chi connectivity index (χ0v) is 14.2. The predicted molar refractivity (Wildman–Crippen MR) is 101 cm³/mol. The van der Waals surface area contributed by atoms with E-state index >= 15 is 0 Å². The Hall–Kier alpha value is -3.21. The van der Waals surface area contributed by atoms with Crippen LogP contribution in [-0.2, 0) is 0 Å². The van der Waals surface area contributed by atoms with Gasteiger partial charge in [0.05, 0.1) is 11.1 Å². The smallest absolute Gasteiger partial charge is 0.418 e. The highest BCUT2D eigenvalue weighted by Crippen LogP contribution is 2.29. The van der Waals surface area contributed by atoms with Crippen LogP contribution in [0.3, 0.4) is 0 Å². The average Bonchev–Trinajstić information content (AvgIpc) is 3.05. The number of benzene rings is 2. The van der Waals surface area contributed by atoms with Gasteiger partial charge in [-0.05, 0) is 24.6 Å². The Kier molecular flexibility index (Phi) is 6.66. The van der Waals surface area contributed by atoms with Crippen LogP contribution < -0.4 is 4.58 Å². The molecule has 1 saturated carbocycles. The van der Waals surface area contributed by atoms with Gasteiger partial charge in [0.1, 0.15) is 0 Å². The van der Waals surface area contributed by atoms with Gasteiger partial charge in [-0.2, -0.15) is 4.58 Å². The van der Waals surface area contributed by atoms with E-state index in [9.17, 15) is 17.3 Å². The fourth-order valence-corrected chi connectivity index (χ4v) is 2.74. The molecule has 0 heterocycles. The molecule has 0 aliphatic heterocycles. The molecule has 0 radical (unpaired) electrons. The third-order valence-electron chi connectivity index (χ3n) is 3.75. The topological polar surface area (TPSA) is 50.7 Å². The second kappa shape index (κ2) is 8.94. The monoisotopic (exact) mass is 373 g/mol. The van der Waals surface area contributed by atoms with Crippen LogP contribution in [0.5, 0.6) is 0 Å². The molecule has 1 fully saturated rings. The quantitative estimate of drug-likeness (QED) is 0.306. The predicted octanol–water partition coefficient (Wildman–Crippen LogP) is 5.41. The molecule has 2 aromatic rings. The third kappa shape index (κ3) is 5.64. The van der Waals surface area contributed by atoms with E-state index in [1.807, 2.05) is 60.7 Å². The Bertz CT molecular complexity index is 849. The molecule has 2 N–H and O–H groups in total. The molecule has 138 valence electrons. The lowest BCUT2D eigenvalue weighted by Crippen LogP contribution is -2.17. The molecule has 3 nitrogen and oxygen atoms in total. The number of nitrogens with zero attached hydrogens (tertiary/aromatic N) is 1. The zero-order valence-electron chi connectivity index (χ0n) is 14.2. The highest BCUT2D eigenvalue weighted by Gasteiger charge is 2.33. The first-order valence-corrected chi connectivity index (χ1v) is 8.07. The van der Waals surface area contributed by atoms with Crippen LogP contribution in [0.2, 0.25) is 0 Å². The summed E-state index contributed by atoms with van der Waals surface area (Å²) in [5, 5.41) is 15.2. The summed E-state index contributed by atoms with van der Waals surface area (Å²) in [7, 11) is -6.00. The summed E-state index contributed by atoms with van der Waals surface area (Å²) < 4.78 is 41.1. The molecule has 27 heavy (non-hydrogen) atoms. The molecule has 0 atom stereocenters. The lowest BCUT2D eigenvalue weighted by molar-refractivity contribution is 0.368. The van der Waals surface area contributed by atoms with Crippen molar-refractivity contribution in [1.82, 2.24) is 4.58 Å². The van der Waals surface area contributed by atoms with Crippen LogP contribution in [0.25, 0.3) is 0 Å². The van der Waals surface area contributed by atoms with Crippen molar-refractivity contribution in [2.45, 2.75) is 12.8 Å². The van der Waals surface area contributed by atoms with E-state index in [2.05, 4.69) is 16.3 Å². The molecule has 0 saturated heterocycles. The van der Waals surface area contributed by atoms with Gasteiger partial charge in [-0.25, -0.2) is 0 Å². The van der Waals surface area contributed by atoms with E-state index in [1.165, 1.54) is 0 Å². The second-order valence-electron chi connectivity index (χ2n) is 5.56. The molecular weight excluding hydrogens is 357 g/mol. The van der Waals surface area contributed by atoms with Crippen molar-refractivity contribution in [1.29, 1.82) is 10.8 Å². The Morgan fingerprint density at radius 2 is 1.04 bits per heavy atom. The van der Waals surface area contributed by atoms with Crippen LogP contribution in [0.4, 0.5) is 28.6 Å². The highest BCUT2D eigenvalue weighted by molar-refractivity contribution is 6.50. The normalized spacial score (nSPS) is 13.4. The third-order valence-corrected chi connectivity index (χ3v) is 3.75. The molecule has 8 heteroatoms. The Morgan fingerprint density at radius 3 is 1.33 bits per heavy atom. The fraction of sp³-hybridized carbons (Fsp3) is 0.105. The molecule has 0 bridgehead atoms. The van der Waals surface area contributed by atoms with E-state index in [0.717, 1.165) is 41.1 Å². The molecule has 0 unspecified atom stereocenters. The minimum absolute atomic E-state index is 0.732. The van der Waals surface area contributed by atoms with Gasteiger partial charge in [-0.1, -0.05) is 36.4 Å². The van der Waals surface area contributed by atoms with Gasteiger partial charge in [0.2, 0.25) is 17.1 Å². The molecule has 0 amide bonds. The van der Waals surface area contributed by atoms with Gasteiger partial charge < -0.3 is 17.3 Å². The van der Waals surface area contributed by atoms with Crippen molar-refractivity contribution in [3.8, 4) is 0 Å². The molecule has 0 aromatic heterocycles. The number of hydrogen-bond donors (Lipinski definition) is 2. The van der Waals surface area contributed by atoms with E-state index in [4.69, 9.17) is 10.8 Å². The van der Waals surface area contributed by atoms with Crippen molar-refractivity contribution >= 4 is 36.1 Å². The standard InChI is InChI=1S/C19H16N3.BF4/c20-13-15-11-12-16(14-21)19(15)22(17-7-3-1-4-8-17)18-9-5-2-6-10-18;2-1(3,4)5/h1-10,20-21H,11-12H2;/q+1;-1. The van der Waals surface area contributed by atoms with Crippen LogP contribution in [-0.4, -0.2) is 24.7 Å². The number of nitrogens with one attached hydrogen (secondary N) is 2. The molecule has 3 rings (SSSR count). The summed E-state index contributed by atoms with van der Waals surface area (Å²) in [6.45, 7) is 0. The van der Waals surface area contributed by atoms with Crippen molar-refractivity contribution in [2.24, 2.45) is 0 Å². The van der Waals surface area contributed by atoms with E-state index < -0.39 is 7.25 Å². The maximum atomic E-state index is 9.75. The van der Waals surface area contributed by atoms with Crippen LogP contribution in [0.1, 0.15) is 12.8 Å². The molecular formula is C19H16BF4N3. The molecule has 1 aliphatic carbocycles. The number of hydrogen-bond acceptors (Lipinski definition) is 2. The van der Waals surface area contributed by atoms with Gasteiger partial charge in [-0.3, -0.25) is 10.8 Å². The summed E-state index contributed by atoms with van der Waals surface area (Å²) in [5.74, 6) is 5.08. The lowest BCUT2D eigenvalue weighted by Gasteiger charge is -2.06. The Labute approximate surface area is 154 Å². The van der Waals surface area contributed by atoms with Crippen LogP contribution in [0.15, 0.2) is 71.8 Å². The average molecular weight is 373 g/mol. The summed E-state index contributed by atoms with van der Waals surface area (Å²) >= 11 is 0. The first kappa shape index (κ1) is 20.1. The van der Waals surface area contributed by atoms with Crippen LogP contribution >= 0.6 is 0 Å². The van der Waals surface area contributed by atoms with Gasteiger partial charge in [0.25, 0.3) is 0 Å². The maximum absolute atomic E-state index is 9.75. The van der Waals surface area contributed by atoms with Crippen LogP contribution in [0, 0.1) is 10.8 Å².